The van der Waals surface area contributed by atoms with Gasteiger partial charge in [-0.3, -0.25) is 18.6 Å². The van der Waals surface area contributed by atoms with Crippen LogP contribution >= 0.6 is 7.82 Å². The Hall–Kier alpha value is -2.95. The van der Waals surface area contributed by atoms with Crippen molar-refractivity contribution in [3.05, 3.63) is 47.3 Å². The molecule has 0 bridgehead atoms. The molecule has 1 heterocycles. The number of carbonyl (C=O) groups excluding carboxylic acids is 2. The lowest BCUT2D eigenvalue weighted by Crippen LogP contribution is -2.15. The summed E-state index contributed by atoms with van der Waals surface area (Å²) in [5.41, 5.74) is -0.774. The summed E-state index contributed by atoms with van der Waals surface area (Å²) in [6.07, 6.45) is -0.758. The van der Waals surface area contributed by atoms with Crippen molar-refractivity contribution in [2.75, 3.05) is 25.1 Å². The SMILES string of the molecule is CCOC(=O)CC(=O)c1cc(F)c(OP(=O)(OCC)OCC)nc1Nc1ccc(F)cc1F. The number of aromatic nitrogens is 1. The minimum absolute atomic E-state index is 0.0154. The molecule has 0 fully saturated rings. The molecule has 0 aliphatic carbocycles. The maximum absolute atomic E-state index is 14.7. The van der Waals surface area contributed by atoms with E-state index in [-0.39, 0.29) is 25.5 Å². The smallest absolute Gasteiger partial charge is 0.466 e. The molecule has 0 aliphatic heterocycles. The van der Waals surface area contributed by atoms with Gasteiger partial charge in [0.1, 0.15) is 23.9 Å². The molecular weight excluding hydrogens is 468 g/mol. The fourth-order valence-electron chi connectivity index (χ4n) is 2.51. The second kappa shape index (κ2) is 11.8. The maximum Gasteiger partial charge on any atom is 0.531 e. The number of esters is 1. The largest absolute Gasteiger partial charge is 0.531 e. The number of benzene rings is 1. The van der Waals surface area contributed by atoms with E-state index in [1.54, 1.807) is 0 Å². The second-order valence-corrected chi connectivity index (χ2v) is 7.79. The summed E-state index contributed by atoms with van der Waals surface area (Å²) in [5, 5.41) is 2.43. The van der Waals surface area contributed by atoms with Gasteiger partial charge in [0.2, 0.25) is 0 Å². The zero-order valence-electron chi connectivity index (χ0n) is 18.0. The Labute approximate surface area is 187 Å². The summed E-state index contributed by atoms with van der Waals surface area (Å²) in [7, 11) is -4.27. The first kappa shape index (κ1) is 26.3. The fourth-order valence-corrected chi connectivity index (χ4v) is 3.66. The van der Waals surface area contributed by atoms with E-state index in [4.69, 9.17) is 18.3 Å². The van der Waals surface area contributed by atoms with Gasteiger partial charge in [-0.15, -0.1) is 0 Å². The van der Waals surface area contributed by atoms with Gasteiger partial charge >= 0.3 is 13.8 Å². The van der Waals surface area contributed by atoms with Gasteiger partial charge in [-0.05, 0) is 39.0 Å². The zero-order chi connectivity index (χ0) is 24.6. The van der Waals surface area contributed by atoms with E-state index in [2.05, 4.69) is 10.3 Å². The first-order valence-electron chi connectivity index (χ1n) is 9.82. The van der Waals surface area contributed by atoms with E-state index in [0.717, 1.165) is 12.1 Å². The first-order valence-corrected chi connectivity index (χ1v) is 11.3. The molecule has 0 saturated heterocycles. The Morgan fingerprint density at radius 1 is 1.00 bits per heavy atom. The van der Waals surface area contributed by atoms with Crippen molar-refractivity contribution in [3.63, 3.8) is 0 Å². The van der Waals surface area contributed by atoms with Crippen LogP contribution in [-0.4, -0.2) is 36.6 Å². The Bertz CT molecular complexity index is 1060. The number of anilines is 2. The van der Waals surface area contributed by atoms with E-state index in [0.29, 0.717) is 12.1 Å². The quantitative estimate of drug-likeness (QED) is 0.191. The monoisotopic (exact) mass is 490 g/mol. The number of ketones is 1. The molecule has 0 saturated carbocycles. The van der Waals surface area contributed by atoms with Crippen molar-refractivity contribution in [1.82, 2.24) is 4.98 Å². The molecule has 0 atom stereocenters. The molecule has 1 N–H and O–H groups in total. The van der Waals surface area contributed by atoms with Crippen LogP contribution in [0.15, 0.2) is 24.3 Å². The molecule has 0 spiro atoms. The van der Waals surface area contributed by atoms with Gasteiger partial charge in [0.05, 0.1) is 31.1 Å². The third-order valence-electron chi connectivity index (χ3n) is 3.81. The molecule has 33 heavy (non-hydrogen) atoms. The van der Waals surface area contributed by atoms with Crippen LogP contribution < -0.4 is 9.84 Å². The van der Waals surface area contributed by atoms with Gasteiger partial charge in [0, 0.05) is 6.07 Å². The third kappa shape index (κ3) is 7.28. The second-order valence-electron chi connectivity index (χ2n) is 6.20. The molecule has 0 radical (unpaired) electrons. The summed E-state index contributed by atoms with van der Waals surface area (Å²) in [6, 6.07) is 3.18. The Balaban J connectivity index is 2.52. The third-order valence-corrected chi connectivity index (χ3v) is 5.36. The zero-order valence-corrected chi connectivity index (χ0v) is 18.9. The number of rotatable bonds is 12. The highest BCUT2D eigenvalue weighted by molar-refractivity contribution is 7.48. The summed E-state index contributed by atoms with van der Waals surface area (Å²) in [5.74, 6) is -6.24. The van der Waals surface area contributed by atoms with Crippen LogP contribution in [0.4, 0.5) is 24.7 Å². The van der Waals surface area contributed by atoms with Gasteiger partial charge < -0.3 is 14.6 Å². The van der Waals surface area contributed by atoms with Crippen molar-refractivity contribution in [1.29, 1.82) is 0 Å². The van der Waals surface area contributed by atoms with Crippen molar-refractivity contribution in [2.24, 2.45) is 0 Å². The molecule has 1 aromatic heterocycles. The standard InChI is InChI=1S/C20H22F3N2O7P/c1-4-29-18(27)11-17(26)13-10-15(23)20(32-33(28,30-5-2)31-6-3)25-19(13)24-16-8-7-12(21)9-14(16)22/h7-10H,4-6,11H2,1-3H3,(H,24,25). The molecule has 0 amide bonds. The van der Waals surface area contributed by atoms with Gasteiger partial charge in [0.15, 0.2) is 11.6 Å². The number of phosphoric acid groups is 1. The van der Waals surface area contributed by atoms with Gasteiger partial charge in [-0.2, -0.15) is 4.98 Å². The minimum atomic E-state index is -4.27. The fraction of sp³-hybridized carbons (Fsp3) is 0.350. The van der Waals surface area contributed by atoms with E-state index in [9.17, 15) is 27.3 Å². The molecule has 0 aliphatic rings. The number of halogens is 3. The number of phosphoric ester groups is 1. The van der Waals surface area contributed by atoms with E-state index in [1.807, 2.05) is 0 Å². The van der Waals surface area contributed by atoms with Crippen LogP contribution in [0.25, 0.3) is 0 Å². The number of hydrogen-bond donors (Lipinski definition) is 1. The lowest BCUT2D eigenvalue weighted by atomic mass is 10.1. The summed E-state index contributed by atoms with van der Waals surface area (Å²) in [6.45, 7) is 4.36. The van der Waals surface area contributed by atoms with Crippen LogP contribution in [-0.2, 0) is 23.1 Å². The number of carbonyl (C=O) groups is 2. The van der Waals surface area contributed by atoms with Crippen molar-refractivity contribution >= 4 is 31.1 Å². The van der Waals surface area contributed by atoms with Gasteiger partial charge in [0.25, 0.3) is 5.88 Å². The molecule has 13 heteroatoms. The maximum atomic E-state index is 14.7. The molecule has 0 unspecified atom stereocenters. The van der Waals surface area contributed by atoms with Gasteiger partial charge in [-0.1, -0.05) is 0 Å². The number of ether oxygens (including phenoxy) is 1. The molecule has 9 nitrogen and oxygen atoms in total. The minimum Gasteiger partial charge on any atom is -0.466 e. The number of hydrogen-bond acceptors (Lipinski definition) is 9. The summed E-state index contributed by atoms with van der Waals surface area (Å²) < 4.78 is 74.3. The van der Waals surface area contributed by atoms with Gasteiger partial charge in [-0.25, -0.2) is 17.7 Å². The molecule has 1 aromatic carbocycles. The molecule has 2 rings (SSSR count). The van der Waals surface area contributed by atoms with Crippen LogP contribution in [0, 0.1) is 17.5 Å². The van der Waals surface area contributed by atoms with E-state index >= 15 is 0 Å². The Morgan fingerprint density at radius 2 is 1.67 bits per heavy atom. The van der Waals surface area contributed by atoms with Crippen molar-refractivity contribution < 1.29 is 45.6 Å². The normalized spacial score (nSPS) is 11.2. The van der Waals surface area contributed by atoms with Crippen molar-refractivity contribution in [2.45, 2.75) is 27.2 Å². The highest BCUT2D eigenvalue weighted by Gasteiger charge is 2.31. The van der Waals surface area contributed by atoms with E-state index in [1.165, 1.54) is 20.8 Å². The topological polar surface area (TPSA) is 113 Å². The molecule has 2 aromatic rings. The first-order chi connectivity index (χ1) is 15.6. The summed E-state index contributed by atoms with van der Waals surface area (Å²) >= 11 is 0. The van der Waals surface area contributed by atoms with Crippen molar-refractivity contribution in [3.8, 4) is 5.88 Å². The molecular formula is C20H22F3N2O7P. The molecule has 180 valence electrons. The average molecular weight is 490 g/mol. The van der Waals surface area contributed by atoms with E-state index < -0.39 is 60.7 Å². The lowest BCUT2D eigenvalue weighted by molar-refractivity contribution is -0.141. The highest BCUT2D eigenvalue weighted by atomic mass is 31.2. The van der Waals surface area contributed by atoms with Crippen LogP contribution in [0.1, 0.15) is 37.6 Å². The predicted molar refractivity (Wildman–Crippen MR) is 111 cm³/mol. The highest BCUT2D eigenvalue weighted by Crippen LogP contribution is 2.49. The number of pyridine rings is 1. The summed E-state index contributed by atoms with van der Waals surface area (Å²) in [4.78, 5) is 28.1. The number of Topliss-reactive ketones (excluding diaryl/α,β-unsaturated/α-hetero) is 1. The number of nitrogens with one attached hydrogen (secondary N) is 1. The number of nitrogens with zero attached hydrogens (tertiary/aromatic N) is 1. The average Bonchev–Trinajstić information content (AvgIpc) is 2.72. The Kier molecular flexibility index (Phi) is 9.39. The predicted octanol–water partition coefficient (Wildman–Crippen LogP) is 4.94. The Morgan fingerprint density at radius 3 is 2.24 bits per heavy atom. The lowest BCUT2D eigenvalue weighted by Gasteiger charge is -2.18. The van der Waals surface area contributed by atoms with Crippen LogP contribution in [0.5, 0.6) is 5.88 Å². The van der Waals surface area contributed by atoms with Crippen LogP contribution in [0.3, 0.4) is 0 Å². The van der Waals surface area contributed by atoms with Crippen LogP contribution in [0.2, 0.25) is 0 Å².